The Hall–Kier alpha value is -3.28. The van der Waals surface area contributed by atoms with Crippen molar-refractivity contribution in [2.75, 3.05) is 19.8 Å². The lowest BCUT2D eigenvalue weighted by Crippen LogP contribution is -2.30. The van der Waals surface area contributed by atoms with Crippen molar-refractivity contribution < 1.29 is 14.3 Å². The van der Waals surface area contributed by atoms with Crippen LogP contribution in [0.5, 0.6) is 11.5 Å². The van der Waals surface area contributed by atoms with Gasteiger partial charge in [0.1, 0.15) is 0 Å². The molecule has 3 heterocycles. The fourth-order valence-corrected chi connectivity index (χ4v) is 4.29. The molecule has 0 N–H and O–H groups in total. The zero-order valence-electron chi connectivity index (χ0n) is 17.1. The highest BCUT2D eigenvalue weighted by molar-refractivity contribution is 5.95. The van der Waals surface area contributed by atoms with Crippen LogP contribution >= 0.6 is 0 Å². The second kappa shape index (κ2) is 7.86. The molecule has 2 aliphatic rings. The van der Waals surface area contributed by atoms with Crippen molar-refractivity contribution in [3.05, 3.63) is 71.5 Å². The van der Waals surface area contributed by atoms with Gasteiger partial charge in [-0.1, -0.05) is 6.07 Å². The number of rotatable bonds is 3. The molecule has 154 valence electrons. The number of aryl methyl sites for hydroxylation is 1. The molecule has 6 heteroatoms. The van der Waals surface area contributed by atoms with E-state index in [0.717, 1.165) is 54.3 Å². The number of benzene rings is 2. The number of hydrogen-bond acceptors (Lipinski definition) is 4. The summed E-state index contributed by atoms with van der Waals surface area (Å²) in [7, 11) is 0. The van der Waals surface area contributed by atoms with Gasteiger partial charge in [0.05, 0.1) is 24.9 Å². The Balaban J connectivity index is 1.38. The van der Waals surface area contributed by atoms with Gasteiger partial charge in [0.15, 0.2) is 11.5 Å². The summed E-state index contributed by atoms with van der Waals surface area (Å²) in [6.07, 6.45) is 4.61. The Morgan fingerprint density at radius 2 is 1.80 bits per heavy atom. The van der Waals surface area contributed by atoms with E-state index in [4.69, 9.17) is 9.47 Å². The number of likely N-dealkylation sites (tertiary alicyclic amines) is 1. The van der Waals surface area contributed by atoms with E-state index < -0.39 is 0 Å². The third kappa shape index (κ3) is 3.43. The maximum Gasteiger partial charge on any atom is 0.254 e. The van der Waals surface area contributed by atoms with Crippen molar-refractivity contribution in [2.45, 2.75) is 32.2 Å². The van der Waals surface area contributed by atoms with Gasteiger partial charge in [-0.2, -0.15) is 5.10 Å². The van der Waals surface area contributed by atoms with E-state index in [0.29, 0.717) is 18.8 Å². The first-order valence-corrected chi connectivity index (χ1v) is 10.5. The molecule has 1 fully saturated rings. The first kappa shape index (κ1) is 18.7. The van der Waals surface area contributed by atoms with Gasteiger partial charge in [-0.15, -0.1) is 0 Å². The number of hydrogen-bond donors (Lipinski definition) is 0. The van der Waals surface area contributed by atoms with E-state index >= 15 is 0 Å². The first-order valence-electron chi connectivity index (χ1n) is 10.5. The van der Waals surface area contributed by atoms with Gasteiger partial charge in [0.2, 0.25) is 0 Å². The first-order chi connectivity index (χ1) is 14.7. The van der Waals surface area contributed by atoms with Gasteiger partial charge in [-0.05, 0) is 67.8 Å². The SMILES string of the molecule is Cc1ccnn1-c1ccc(C(=O)N2CCC[C@@H]2c2ccc3c(c2)OCCCO3)cc1. The van der Waals surface area contributed by atoms with Gasteiger partial charge in [0.25, 0.3) is 5.91 Å². The Labute approximate surface area is 176 Å². The van der Waals surface area contributed by atoms with Crippen molar-refractivity contribution in [2.24, 2.45) is 0 Å². The Bertz CT molecular complexity index is 1060. The zero-order chi connectivity index (χ0) is 20.5. The maximum atomic E-state index is 13.3. The molecule has 0 bridgehead atoms. The normalized spacial score (nSPS) is 18.3. The third-order valence-electron chi connectivity index (χ3n) is 5.86. The number of aromatic nitrogens is 2. The number of carbonyl (C=O) groups excluding carboxylic acids is 1. The molecule has 0 unspecified atom stereocenters. The second-order valence-electron chi connectivity index (χ2n) is 7.84. The van der Waals surface area contributed by atoms with Crippen molar-refractivity contribution >= 4 is 5.91 Å². The predicted octanol–water partition coefficient (Wildman–Crippen LogP) is 4.32. The minimum atomic E-state index is 0.0580. The topological polar surface area (TPSA) is 56.6 Å². The fourth-order valence-electron chi connectivity index (χ4n) is 4.29. The molecular weight excluding hydrogens is 378 g/mol. The maximum absolute atomic E-state index is 13.3. The second-order valence-corrected chi connectivity index (χ2v) is 7.84. The van der Waals surface area contributed by atoms with Gasteiger partial charge in [-0.25, -0.2) is 4.68 Å². The summed E-state index contributed by atoms with van der Waals surface area (Å²) < 4.78 is 13.5. The Morgan fingerprint density at radius 1 is 1.00 bits per heavy atom. The average Bonchev–Trinajstić information content (AvgIpc) is 3.37. The van der Waals surface area contributed by atoms with Gasteiger partial charge < -0.3 is 14.4 Å². The van der Waals surface area contributed by atoms with Crippen LogP contribution in [0.2, 0.25) is 0 Å². The molecule has 0 saturated carbocycles. The summed E-state index contributed by atoms with van der Waals surface area (Å²) in [6, 6.07) is 15.8. The quantitative estimate of drug-likeness (QED) is 0.654. The molecule has 1 saturated heterocycles. The molecule has 5 rings (SSSR count). The summed E-state index contributed by atoms with van der Waals surface area (Å²) in [4.78, 5) is 15.3. The summed E-state index contributed by atoms with van der Waals surface area (Å²) in [5.74, 6) is 1.63. The highest BCUT2D eigenvalue weighted by Gasteiger charge is 2.31. The summed E-state index contributed by atoms with van der Waals surface area (Å²) in [5, 5.41) is 4.33. The molecular formula is C24H25N3O3. The third-order valence-corrected chi connectivity index (χ3v) is 5.86. The lowest BCUT2D eigenvalue weighted by Gasteiger charge is -2.26. The zero-order valence-corrected chi connectivity index (χ0v) is 17.1. The summed E-state index contributed by atoms with van der Waals surface area (Å²) in [6.45, 7) is 4.11. The van der Waals surface area contributed by atoms with E-state index in [-0.39, 0.29) is 11.9 Å². The molecule has 2 aromatic carbocycles. The standard InChI is InChI=1S/C24H25N3O3/c1-17-11-12-25-27(17)20-8-5-18(6-9-20)24(28)26-13-2-4-21(26)19-7-10-22-23(16-19)30-15-3-14-29-22/h5-12,16,21H,2-4,13-15H2,1H3/t21-/m1/s1. The minimum absolute atomic E-state index is 0.0580. The molecule has 0 radical (unpaired) electrons. The van der Waals surface area contributed by atoms with Crippen molar-refractivity contribution in [3.63, 3.8) is 0 Å². The summed E-state index contributed by atoms with van der Waals surface area (Å²) >= 11 is 0. The molecule has 3 aromatic rings. The van der Waals surface area contributed by atoms with Crippen molar-refractivity contribution in [3.8, 4) is 17.2 Å². The Morgan fingerprint density at radius 3 is 2.57 bits per heavy atom. The van der Waals surface area contributed by atoms with Crippen molar-refractivity contribution in [1.82, 2.24) is 14.7 Å². The van der Waals surface area contributed by atoms with Crippen LogP contribution in [0.4, 0.5) is 0 Å². The molecule has 0 spiro atoms. The minimum Gasteiger partial charge on any atom is -0.490 e. The highest BCUT2D eigenvalue weighted by Crippen LogP contribution is 2.38. The number of amides is 1. The molecule has 0 aliphatic carbocycles. The lowest BCUT2D eigenvalue weighted by atomic mass is 10.0. The van der Waals surface area contributed by atoms with E-state index in [1.165, 1.54) is 0 Å². The van der Waals surface area contributed by atoms with Crippen LogP contribution < -0.4 is 9.47 Å². The van der Waals surface area contributed by atoms with Crippen LogP contribution in [-0.2, 0) is 0 Å². The van der Waals surface area contributed by atoms with Crippen LogP contribution in [0.3, 0.4) is 0 Å². The van der Waals surface area contributed by atoms with Gasteiger partial charge >= 0.3 is 0 Å². The van der Waals surface area contributed by atoms with Crippen LogP contribution in [0, 0.1) is 6.92 Å². The van der Waals surface area contributed by atoms with E-state index in [1.807, 2.05) is 59.0 Å². The lowest BCUT2D eigenvalue weighted by molar-refractivity contribution is 0.0735. The van der Waals surface area contributed by atoms with E-state index in [2.05, 4.69) is 11.2 Å². The fraction of sp³-hybridized carbons (Fsp3) is 0.333. The largest absolute Gasteiger partial charge is 0.490 e. The van der Waals surface area contributed by atoms with Gasteiger partial charge in [-0.3, -0.25) is 4.79 Å². The highest BCUT2D eigenvalue weighted by atomic mass is 16.5. The number of ether oxygens (including phenoxy) is 2. The molecule has 1 amide bonds. The van der Waals surface area contributed by atoms with E-state index in [9.17, 15) is 4.79 Å². The van der Waals surface area contributed by atoms with Crippen LogP contribution in [0.15, 0.2) is 54.7 Å². The Kier molecular flexibility index (Phi) is 4.91. The monoisotopic (exact) mass is 403 g/mol. The number of nitrogens with zero attached hydrogens (tertiary/aromatic N) is 3. The number of fused-ring (bicyclic) bond motifs is 1. The van der Waals surface area contributed by atoms with Crippen LogP contribution in [0.25, 0.3) is 5.69 Å². The van der Waals surface area contributed by atoms with Crippen LogP contribution in [-0.4, -0.2) is 40.3 Å². The molecule has 6 nitrogen and oxygen atoms in total. The molecule has 1 aromatic heterocycles. The predicted molar refractivity (Wildman–Crippen MR) is 113 cm³/mol. The van der Waals surface area contributed by atoms with Gasteiger partial charge in [0, 0.05) is 30.4 Å². The van der Waals surface area contributed by atoms with Crippen molar-refractivity contribution in [1.29, 1.82) is 0 Å². The van der Waals surface area contributed by atoms with E-state index in [1.54, 1.807) is 6.20 Å². The molecule has 1 atom stereocenters. The number of carbonyl (C=O) groups is 1. The molecule has 2 aliphatic heterocycles. The summed E-state index contributed by atoms with van der Waals surface area (Å²) in [5.41, 5.74) is 3.82. The average molecular weight is 403 g/mol. The smallest absolute Gasteiger partial charge is 0.254 e. The molecule has 30 heavy (non-hydrogen) atoms. The van der Waals surface area contributed by atoms with Crippen LogP contribution in [0.1, 0.15) is 46.9 Å².